The topological polar surface area (TPSA) is 123 Å². The largest absolute Gasteiger partial charge is 0.490 e. The molecule has 0 radical (unpaired) electrons. The van der Waals surface area contributed by atoms with E-state index < -0.39 is 16.7 Å². The van der Waals surface area contributed by atoms with Crippen LogP contribution in [0.1, 0.15) is 5.56 Å². The second-order valence-corrected chi connectivity index (χ2v) is 4.71. The highest BCUT2D eigenvalue weighted by molar-refractivity contribution is 6.39. The molecule has 0 aliphatic carbocycles. The van der Waals surface area contributed by atoms with Gasteiger partial charge in [0.1, 0.15) is 0 Å². The molecular weight excluding hydrogens is 328 g/mol. The quantitative estimate of drug-likeness (QED) is 0.370. The van der Waals surface area contributed by atoms with Gasteiger partial charge in [0.25, 0.3) is 0 Å². The van der Waals surface area contributed by atoms with Crippen LogP contribution >= 0.6 is 0 Å². The molecule has 0 saturated carbocycles. The number of carbonyl (C=O) groups excluding carboxylic acids is 2. The third-order valence-electron chi connectivity index (χ3n) is 3.02. The van der Waals surface area contributed by atoms with Crippen molar-refractivity contribution in [2.45, 2.75) is 0 Å². The van der Waals surface area contributed by atoms with Crippen LogP contribution in [0.2, 0.25) is 0 Å². The number of rotatable bonds is 5. The van der Waals surface area contributed by atoms with E-state index in [1.807, 2.05) is 5.43 Å². The van der Waals surface area contributed by atoms with E-state index in [9.17, 15) is 19.7 Å². The number of carbonyl (C=O) groups is 2. The van der Waals surface area contributed by atoms with E-state index in [4.69, 9.17) is 4.74 Å². The summed E-state index contributed by atoms with van der Waals surface area (Å²) in [6.07, 6.45) is 1.18. The molecule has 25 heavy (non-hydrogen) atoms. The van der Waals surface area contributed by atoms with Gasteiger partial charge in [-0.15, -0.1) is 0 Å². The molecule has 9 nitrogen and oxygen atoms in total. The number of nitro benzene ring substituents is 1. The summed E-state index contributed by atoms with van der Waals surface area (Å²) in [5.41, 5.74) is 2.64. The molecule has 0 spiro atoms. The van der Waals surface area contributed by atoms with Crippen molar-refractivity contribution in [1.82, 2.24) is 5.43 Å². The summed E-state index contributed by atoms with van der Waals surface area (Å²) in [4.78, 5) is 33.7. The SMILES string of the molecule is COc1ccc(C=NNC(=O)C(=O)Nc2ccccc2)cc1[N+](=O)[O-]. The third-order valence-corrected chi connectivity index (χ3v) is 3.02. The number of nitro groups is 1. The molecular formula is C16H14N4O5. The maximum atomic E-state index is 11.7. The molecule has 0 fully saturated rings. The maximum absolute atomic E-state index is 11.7. The van der Waals surface area contributed by atoms with Crippen LogP contribution in [0, 0.1) is 10.1 Å². The molecule has 0 atom stereocenters. The van der Waals surface area contributed by atoms with Gasteiger partial charge in [0.2, 0.25) is 0 Å². The number of anilines is 1. The first kappa shape index (κ1) is 17.6. The van der Waals surface area contributed by atoms with E-state index >= 15 is 0 Å². The highest BCUT2D eigenvalue weighted by Gasteiger charge is 2.15. The number of nitrogens with one attached hydrogen (secondary N) is 2. The lowest BCUT2D eigenvalue weighted by Gasteiger charge is -2.03. The van der Waals surface area contributed by atoms with Gasteiger partial charge in [0, 0.05) is 17.3 Å². The van der Waals surface area contributed by atoms with Crippen LogP contribution in [0.15, 0.2) is 53.6 Å². The highest BCUT2D eigenvalue weighted by atomic mass is 16.6. The Labute approximate surface area is 142 Å². The van der Waals surface area contributed by atoms with Crippen LogP contribution in [-0.2, 0) is 9.59 Å². The zero-order valence-electron chi connectivity index (χ0n) is 13.1. The molecule has 0 heterocycles. The number of nitrogens with zero attached hydrogens (tertiary/aromatic N) is 2. The fraction of sp³-hybridized carbons (Fsp3) is 0.0625. The van der Waals surface area contributed by atoms with Gasteiger partial charge in [0.05, 0.1) is 18.2 Å². The number of hydrazone groups is 1. The summed E-state index contributed by atoms with van der Waals surface area (Å²) in [5, 5.41) is 16.9. The number of benzene rings is 2. The molecule has 2 aromatic rings. The minimum atomic E-state index is -0.969. The Hall–Kier alpha value is -3.75. The Morgan fingerprint density at radius 2 is 1.88 bits per heavy atom. The smallest absolute Gasteiger partial charge is 0.329 e. The van der Waals surface area contributed by atoms with E-state index in [0.29, 0.717) is 11.3 Å². The Bertz CT molecular complexity index is 821. The number of para-hydroxylation sites is 1. The molecule has 0 saturated heterocycles. The lowest BCUT2D eigenvalue weighted by molar-refractivity contribution is -0.385. The van der Waals surface area contributed by atoms with Gasteiger partial charge in [-0.05, 0) is 24.3 Å². The molecule has 2 aromatic carbocycles. The maximum Gasteiger partial charge on any atom is 0.329 e. The van der Waals surface area contributed by atoms with Gasteiger partial charge in [-0.2, -0.15) is 5.10 Å². The number of methoxy groups -OCH3 is 1. The normalized spacial score (nSPS) is 10.3. The number of ether oxygens (including phenoxy) is 1. The van der Waals surface area contributed by atoms with Crippen molar-refractivity contribution in [3.63, 3.8) is 0 Å². The van der Waals surface area contributed by atoms with Gasteiger partial charge >= 0.3 is 17.5 Å². The van der Waals surface area contributed by atoms with Crippen molar-refractivity contribution in [3.05, 3.63) is 64.2 Å². The first-order chi connectivity index (χ1) is 12.0. The van der Waals surface area contributed by atoms with Crippen LogP contribution in [-0.4, -0.2) is 30.1 Å². The molecule has 2 amide bonds. The van der Waals surface area contributed by atoms with Crippen molar-refractivity contribution < 1.29 is 19.2 Å². The average Bonchev–Trinajstić information content (AvgIpc) is 2.62. The van der Waals surface area contributed by atoms with E-state index in [0.717, 1.165) is 0 Å². The summed E-state index contributed by atoms with van der Waals surface area (Å²) >= 11 is 0. The Morgan fingerprint density at radius 1 is 1.16 bits per heavy atom. The standard InChI is InChI=1S/C16H14N4O5/c1-25-14-8-7-11(9-13(14)20(23)24)10-17-19-16(22)15(21)18-12-5-3-2-4-6-12/h2-10H,1H3,(H,18,21)(H,19,22). The Balaban J connectivity index is 1.98. The molecule has 0 aliphatic heterocycles. The van der Waals surface area contributed by atoms with E-state index in [2.05, 4.69) is 10.4 Å². The Morgan fingerprint density at radius 3 is 2.52 bits per heavy atom. The minimum Gasteiger partial charge on any atom is -0.490 e. The van der Waals surface area contributed by atoms with Gasteiger partial charge in [-0.25, -0.2) is 5.43 Å². The van der Waals surface area contributed by atoms with Crippen LogP contribution in [0.4, 0.5) is 11.4 Å². The Kier molecular flexibility index (Phi) is 5.77. The van der Waals surface area contributed by atoms with E-state index in [1.54, 1.807) is 30.3 Å². The predicted octanol–water partition coefficient (Wildman–Crippen LogP) is 1.69. The summed E-state index contributed by atoms with van der Waals surface area (Å²) in [6, 6.07) is 12.6. The predicted molar refractivity (Wildman–Crippen MR) is 90.5 cm³/mol. The molecule has 9 heteroatoms. The van der Waals surface area contributed by atoms with Crippen LogP contribution in [0.5, 0.6) is 5.75 Å². The fourth-order valence-corrected chi connectivity index (χ4v) is 1.86. The van der Waals surface area contributed by atoms with Crippen LogP contribution in [0.3, 0.4) is 0 Å². The lowest BCUT2D eigenvalue weighted by atomic mass is 10.2. The second-order valence-electron chi connectivity index (χ2n) is 4.71. The van der Waals surface area contributed by atoms with E-state index in [-0.39, 0.29) is 11.4 Å². The first-order valence-electron chi connectivity index (χ1n) is 7.03. The van der Waals surface area contributed by atoms with Crippen molar-refractivity contribution >= 4 is 29.4 Å². The molecule has 128 valence electrons. The minimum absolute atomic E-state index is 0.105. The molecule has 0 bridgehead atoms. The monoisotopic (exact) mass is 342 g/mol. The molecule has 2 N–H and O–H groups in total. The number of amides is 2. The molecule has 0 unspecified atom stereocenters. The average molecular weight is 342 g/mol. The van der Waals surface area contributed by atoms with Gasteiger partial charge in [-0.1, -0.05) is 18.2 Å². The number of hydrogen-bond donors (Lipinski definition) is 2. The third kappa shape index (κ3) is 4.86. The second kappa shape index (κ2) is 8.20. The molecule has 2 rings (SSSR count). The number of hydrogen-bond acceptors (Lipinski definition) is 6. The van der Waals surface area contributed by atoms with Crippen molar-refractivity contribution in [3.8, 4) is 5.75 Å². The van der Waals surface area contributed by atoms with Crippen molar-refractivity contribution in [2.75, 3.05) is 12.4 Å². The summed E-state index contributed by atoms with van der Waals surface area (Å²) in [7, 11) is 1.32. The van der Waals surface area contributed by atoms with Gasteiger partial charge < -0.3 is 10.1 Å². The van der Waals surface area contributed by atoms with Crippen LogP contribution in [0.25, 0.3) is 0 Å². The van der Waals surface area contributed by atoms with Gasteiger partial charge in [0.15, 0.2) is 5.75 Å². The molecule has 0 aromatic heterocycles. The fourth-order valence-electron chi connectivity index (χ4n) is 1.86. The zero-order chi connectivity index (χ0) is 18.2. The summed E-state index contributed by atoms with van der Waals surface area (Å²) in [5.74, 6) is -1.75. The van der Waals surface area contributed by atoms with Crippen molar-refractivity contribution in [2.24, 2.45) is 5.10 Å². The zero-order valence-corrected chi connectivity index (χ0v) is 13.1. The van der Waals surface area contributed by atoms with Crippen molar-refractivity contribution in [1.29, 1.82) is 0 Å². The highest BCUT2D eigenvalue weighted by Crippen LogP contribution is 2.26. The van der Waals surface area contributed by atoms with Gasteiger partial charge in [-0.3, -0.25) is 19.7 Å². The summed E-state index contributed by atoms with van der Waals surface area (Å²) < 4.78 is 4.88. The molecule has 0 aliphatic rings. The first-order valence-corrected chi connectivity index (χ1v) is 7.03. The van der Waals surface area contributed by atoms with Crippen LogP contribution < -0.4 is 15.5 Å². The lowest BCUT2D eigenvalue weighted by Crippen LogP contribution is -2.32. The summed E-state index contributed by atoms with van der Waals surface area (Å²) in [6.45, 7) is 0. The van der Waals surface area contributed by atoms with E-state index in [1.165, 1.54) is 31.5 Å².